The Balaban J connectivity index is 2.41. The van der Waals surface area contributed by atoms with Crippen LogP contribution in [0.4, 0.5) is 0 Å². The van der Waals surface area contributed by atoms with Gasteiger partial charge in [0.05, 0.1) is 5.56 Å². The first-order valence-corrected chi connectivity index (χ1v) is 7.73. The quantitative estimate of drug-likeness (QED) is 0.588. The second-order valence-corrected chi connectivity index (χ2v) is 5.92. The molecule has 0 bridgehead atoms. The molecule has 4 heteroatoms. The molecule has 0 heterocycles. The minimum atomic E-state index is -0.00711. The van der Waals surface area contributed by atoms with Crippen LogP contribution in [0.5, 0.6) is 11.5 Å². The van der Waals surface area contributed by atoms with Gasteiger partial charge in [0.1, 0.15) is 17.3 Å². The predicted molar refractivity (Wildman–Crippen MR) is 90.4 cm³/mol. The second-order valence-electron chi connectivity index (χ2n) is 5.00. The molecule has 0 aliphatic rings. The van der Waals surface area contributed by atoms with Gasteiger partial charge in [-0.2, -0.15) is 0 Å². The highest BCUT2D eigenvalue weighted by Crippen LogP contribution is 2.34. The van der Waals surface area contributed by atoms with E-state index in [0.717, 1.165) is 22.2 Å². The fourth-order valence-corrected chi connectivity index (χ4v) is 2.48. The van der Waals surface area contributed by atoms with Crippen LogP contribution in [-0.2, 0) is 0 Å². The minimum Gasteiger partial charge on any atom is -0.456 e. The van der Waals surface area contributed by atoms with Gasteiger partial charge < -0.3 is 10.5 Å². The summed E-state index contributed by atoms with van der Waals surface area (Å²) in [5, 5.41) is 7.69. The molecule has 1 unspecified atom stereocenters. The molecule has 0 aromatic heterocycles. The second kappa shape index (κ2) is 6.76. The number of nitrogen functional groups attached to an aromatic ring is 1. The lowest BCUT2D eigenvalue weighted by molar-refractivity contribution is 0.469. The Morgan fingerprint density at radius 3 is 2.62 bits per heavy atom. The zero-order valence-corrected chi connectivity index (χ0v) is 13.8. The standard InChI is InChI=1S/C17H19BrN2O/c1-3-11(2)13-6-4-5-7-15(13)21-16-9-8-12(18)10-14(16)17(19)20/h4-11H,3H2,1-2H3,(H3,19,20). The van der Waals surface area contributed by atoms with Gasteiger partial charge in [0, 0.05) is 4.47 Å². The van der Waals surface area contributed by atoms with Crippen molar-refractivity contribution >= 4 is 21.8 Å². The van der Waals surface area contributed by atoms with Gasteiger partial charge in [-0.25, -0.2) is 0 Å². The summed E-state index contributed by atoms with van der Waals surface area (Å²) in [6.07, 6.45) is 1.04. The van der Waals surface area contributed by atoms with Crippen molar-refractivity contribution in [3.8, 4) is 11.5 Å². The summed E-state index contributed by atoms with van der Waals surface area (Å²) in [6, 6.07) is 13.5. The van der Waals surface area contributed by atoms with E-state index in [2.05, 4.69) is 35.8 Å². The van der Waals surface area contributed by atoms with E-state index in [9.17, 15) is 0 Å². The molecule has 0 radical (unpaired) electrons. The highest BCUT2D eigenvalue weighted by molar-refractivity contribution is 9.10. The third-order valence-corrected chi connectivity index (χ3v) is 4.01. The van der Waals surface area contributed by atoms with Crippen LogP contribution in [0.3, 0.4) is 0 Å². The lowest BCUT2D eigenvalue weighted by Gasteiger charge is -2.17. The molecule has 110 valence electrons. The normalized spacial score (nSPS) is 12.0. The van der Waals surface area contributed by atoms with Crippen LogP contribution in [0.1, 0.15) is 37.3 Å². The van der Waals surface area contributed by atoms with Gasteiger partial charge in [-0.1, -0.05) is 48.0 Å². The monoisotopic (exact) mass is 346 g/mol. The highest BCUT2D eigenvalue weighted by Gasteiger charge is 2.13. The van der Waals surface area contributed by atoms with Crippen molar-refractivity contribution in [1.82, 2.24) is 0 Å². The molecular weight excluding hydrogens is 328 g/mol. The summed E-state index contributed by atoms with van der Waals surface area (Å²) >= 11 is 3.39. The van der Waals surface area contributed by atoms with Crippen LogP contribution in [0.2, 0.25) is 0 Å². The number of benzene rings is 2. The van der Waals surface area contributed by atoms with E-state index in [-0.39, 0.29) is 5.84 Å². The third-order valence-electron chi connectivity index (χ3n) is 3.51. The predicted octanol–water partition coefficient (Wildman–Crippen LogP) is 5.04. The maximum Gasteiger partial charge on any atom is 0.138 e. The largest absolute Gasteiger partial charge is 0.456 e. The van der Waals surface area contributed by atoms with E-state index >= 15 is 0 Å². The summed E-state index contributed by atoms with van der Waals surface area (Å²) < 4.78 is 6.91. The van der Waals surface area contributed by atoms with Gasteiger partial charge in [-0.15, -0.1) is 0 Å². The number of rotatable bonds is 5. The summed E-state index contributed by atoms with van der Waals surface area (Å²) in [5.74, 6) is 1.82. The first kappa shape index (κ1) is 15.6. The van der Waals surface area contributed by atoms with Crippen molar-refractivity contribution in [3.63, 3.8) is 0 Å². The summed E-state index contributed by atoms with van der Waals surface area (Å²) in [6.45, 7) is 4.33. The van der Waals surface area contributed by atoms with Gasteiger partial charge in [0.2, 0.25) is 0 Å². The van der Waals surface area contributed by atoms with Crippen molar-refractivity contribution in [2.45, 2.75) is 26.2 Å². The number of halogens is 1. The molecule has 21 heavy (non-hydrogen) atoms. The average Bonchev–Trinajstić information content (AvgIpc) is 2.48. The number of nitrogens with one attached hydrogen (secondary N) is 1. The Hall–Kier alpha value is -1.81. The smallest absolute Gasteiger partial charge is 0.138 e. The Kier molecular flexibility index (Phi) is 5.02. The average molecular weight is 347 g/mol. The van der Waals surface area contributed by atoms with Crippen LogP contribution >= 0.6 is 15.9 Å². The van der Waals surface area contributed by atoms with Gasteiger partial charge in [-0.05, 0) is 42.2 Å². The molecule has 0 aliphatic carbocycles. The van der Waals surface area contributed by atoms with Crippen LogP contribution in [-0.4, -0.2) is 5.84 Å². The molecular formula is C17H19BrN2O. The molecule has 0 saturated carbocycles. The molecule has 0 fully saturated rings. The maximum absolute atomic E-state index is 7.69. The molecule has 0 saturated heterocycles. The number of ether oxygens (including phenoxy) is 1. The summed E-state index contributed by atoms with van der Waals surface area (Å²) in [7, 11) is 0. The van der Waals surface area contributed by atoms with Gasteiger partial charge in [-0.3, -0.25) is 5.41 Å². The van der Waals surface area contributed by atoms with Gasteiger partial charge >= 0.3 is 0 Å². The number of hydrogen-bond acceptors (Lipinski definition) is 2. The molecule has 3 nitrogen and oxygen atoms in total. The van der Waals surface area contributed by atoms with Crippen molar-refractivity contribution in [3.05, 3.63) is 58.1 Å². The zero-order chi connectivity index (χ0) is 15.4. The van der Waals surface area contributed by atoms with Crippen molar-refractivity contribution in [1.29, 1.82) is 5.41 Å². The topological polar surface area (TPSA) is 59.1 Å². The molecule has 2 aromatic rings. The number of nitrogens with two attached hydrogens (primary N) is 1. The molecule has 3 N–H and O–H groups in total. The fourth-order valence-electron chi connectivity index (χ4n) is 2.12. The number of para-hydroxylation sites is 1. The lowest BCUT2D eigenvalue weighted by atomic mass is 9.98. The first-order chi connectivity index (χ1) is 10.0. The minimum absolute atomic E-state index is 0.00711. The van der Waals surface area contributed by atoms with E-state index in [1.54, 1.807) is 6.07 Å². The lowest BCUT2D eigenvalue weighted by Crippen LogP contribution is -2.12. The zero-order valence-electron chi connectivity index (χ0n) is 12.2. The van der Waals surface area contributed by atoms with Crippen molar-refractivity contribution in [2.75, 3.05) is 0 Å². The summed E-state index contributed by atoms with van der Waals surface area (Å²) in [5.41, 5.74) is 7.39. The van der Waals surface area contributed by atoms with Crippen LogP contribution in [0, 0.1) is 5.41 Å². The van der Waals surface area contributed by atoms with E-state index < -0.39 is 0 Å². The first-order valence-electron chi connectivity index (χ1n) is 6.93. The van der Waals surface area contributed by atoms with Gasteiger partial charge in [0.25, 0.3) is 0 Å². The van der Waals surface area contributed by atoms with Crippen molar-refractivity contribution < 1.29 is 4.74 Å². The molecule has 0 spiro atoms. The number of amidine groups is 1. The third kappa shape index (κ3) is 3.64. The van der Waals surface area contributed by atoms with Gasteiger partial charge in [0.15, 0.2) is 0 Å². The Bertz CT molecular complexity index is 655. The van der Waals surface area contributed by atoms with E-state index in [0.29, 0.717) is 17.2 Å². The Morgan fingerprint density at radius 1 is 1.24 bits per heavy atom. The molecule has 2 rings (SSSR count). The fraction of sp³-hybridized carbons (Fsp3) is 0.235. The summed E-state index contributed by atoms with van der Waals surface area (Å²) in [4.78, 5) is 0. The van der Waals surface area contributed by atoms with E-state index in [4.69, 9.17) is 15.9 Å². The van der Waals surface area contributed by atoms with Crippen molar-refractivity contribution in [2.24, 2.45) is 5.73 Å². The molecule has 0 aliphatic heterocycles. The molecule has 0 amide bonds. The van der Waals surface area contributed by atoms with Crippen LogP contribution in [0.15, 0.2) is 46.9 Å². The SMILES string of the molecule is CCC(C)c1ccccc1Oc1ccc(Br)cc1C(=N)N. The van der Waals surface area contributed by atoms with Crippen LogP contribution in [0.25, 0.3) is 0 Å². The molecule has 2 aromatic carbocycles. The van der Waals surface area contributed by atoms with E-state index in [1.807, 2.05) is 30.3 Å². The van der Waals surface area contributed by atoms with E-state index in [1.165, 1.54) is 0 Å². The highest BCUT2D eigenvalue weighted by atomic mass is 79.9. The Morgan fingerprint density at radius 2 is 1.95 bits per heavy atom. The maximum atomic E-state index is 7.69. The van der Waals surface area contributed by atoms with Crippen LogP contribution < -0.4 is 10.5 Å². The molecule has 1 atom stereocenters. The number of hydrogen-bond donors (Lipinski definition) is 2. The Labute approximate surface area is 133 Å².